The molecule has 1 aromatic heterocycles. The number of benzene rings is 1. The van der Waals surface area contributed by atoms with Crippen molar-refractivity contribution >= 4 is 5.97 Å². The molecule has 1 unspecified atom stereocenters. The van der Waals surface area contributed by atoms with Crippen LogP contribution in [0.3, 0.4) is 0 Å². The van der Waals surface area contributed by atoms with Crippen LogP contribution in [0.25, 0.3) is 0 Å². The van der Waals surface area contributed by atoms with Crippen LogP contribution < -0.4 is 5.32 Å². The lowest BCUT2D eigenvalue weighted by Gasteiger charge is -2.12. The van der Waals surface area contributed by atoms with Crippen LogP contribution in [0.1, 0.15) is 34.8 Å². The molecule has 1 heterocycles. The molecule has 0 aliphatic rings. The van der Waals surface area contributed by atoms with Crippen molar-refractivity contribution in [3.05, 3.63) is 53.5 Å². The number of ether oxygens (including phenoxy) is 1. The number of para-hydroxylation sites is 1. The maximum absolute atomic E-state index is 11.3. The largest absolute Gasteiger partial charge is 0.508 e. The Bertz CT molecular complexity index is 591. The molecule has 0 spiro atoms. The fraction of sp³-hybridized carbons (Fsp3) is 0.267. The van der Waals surface area contributed by atoms with Gasteiger partial charge in [0.1, 0.15) is 11.5 Å². The molecule has 0 bridgehead atoms. The average Bonchev–Trinajstić information content (AvgIpc) is 2.95. The summed E-state index contributed by atoms with van der Waals surface area (Å²) in [6.07, 6.45) is 0. The maximum atomic E-state index is 11.3. The Morgan fingerprint density at radius 1 is 1.35 bits per heavy atom. The molecule has 1 aromatic carbocycles. The van der Waals surface area contributed by atoms with Gasteiger partial charge in [-0.25, -0.2) is 4.79 Å². The van der Waals surface area contributed by atoms with Crippen LogP contribution in [-0.2, 0) is 11.3 Å². The number of aromatic hydroxyl groups is 1. The second-order valence-corrected chi connectivity index (χ2v) is 4.42. The van der Waals surface area contributed by atoms with E-state index in [-0.39, 0.29) is 17.6 Å². The molecule has 0 saturated heterocycles. The number of nitrogens with one attached hydrogen (secondary N) is 1. The third-order valence-corrected chi connectivity index (χ3v) is 3.03. The molecule has 2 N–H and O–H groups in total. The summed E-state index contributed by atoms with van der Waals surface area (Å²) in [7, 11) is 1.31. The number of carbonyl (C=O) groups is 1. The summed E-state index contributed by atoms with van der Waals surface area (Å²) in [6, 6.07) is 10.4. The van der Waals surface area contributed by atoms with Gasteiger partial charge in [-0.2, -0.15) is 0 Å². The van der Waals surface area contributed by atoms with Gasteiger partial charge in [0.05, 0.1) is 13.2 Å². The second-order valence-electron chi connectivity index (χ2n) is 4.42. The van der Waals surface area contributed by atoms with E-state index in [0.717, 1.165) is 5.56 Å². The Morgan fingerprint density at radius 2 is 2.10 bits per heavy atom. The molecule has 20 heavy (non-hydrogen) atoms. The number of hydrogen-bond acceptors (Lipinski definition) is 5. The fourth-order valence-electron chi connectivity index (χ4n) is 1.82. The van der Waals surface area contributed by atoms with Crippen molar-refractivity contribution < 1.29 is 19.1 Å². The molecule has 2 aromatic rings. The highest BCUT2D eigenvalue weighted by atomic mass is 16.5. The van der Waals surface area contributed by atoms with Crippen LogP contribution in [0, 0.1) is 0 Å². The summed E-state index contributed by atoms with van der Waals surface area (Å²) in [6.45, 7) is 2.42. The normalized spacial score (nSPS) is 12.1. The number of hydrogen-bond donors (Lipinski definition) is 2. The van der Waals surface area contributed by atoms with E-state index in [4.69, 9.17) is 4.42 Å². The van der Waals surface area contributed by atoms with Crippen LogP contribution in [0.15, 0.2) is 40.8 Å². The highest BCUT2D eigenvalue weighted by molar-refractivity contribution is 5.86. The smallest absolute Gasteiger partial charge is 0.373 e. The third kappa shape index (κ3) is 3.19. The zero-order valence-electron chi connectivity index (χ0n) is 11.4. The Labute approximate surface area is 117 Å². The second kappa shape index (κ2) is 6.25. The lowest BCUT2D eigenvalue weighted by Crippen LogP contribution is -2.17. The summed E-state index contributed by atoms with van der Waals surface area (Å²) in [5.41, 5.74) is 0.805. The minimum absolute atomic E-state index is 0.0898. The Hall–Kier alpha value is -2.27. The van der Waals surface area contributed by atoms with E-state index < -0.39 is 5.97 Å². The topological polar surface area (TPSA) is 71.7 Å². The minimum Gasteiger partial charge on any atom is -0.508 e. The average molecular weight is 275 g/mol. The van der Waals surface area contributed by atoms with Gasteiger partial charge in [0.2, 0.25) is 5.76 Å². The van der Waals surface area contributed by atoms with Gasteiger partial charge in [-0.15, -0.1) is 0 Å². The molecular weight excluding hydrogens is 258 g/mol. The van der Waals surface area contributed by atoms with Gasteiger partial charge in [0, 0.05) is 12.1 Å². The predicted octanol–water partition coefficient (Wildman–Crippen LogP) is 2.62. The van der Waals surface area contributed by atoms with Crippen molar-refractivity contribution in [2.24, 2.45) is 0 Å². The van der Waals surface area contributed by atoms with Gasteiger partial charge < -0.3 is 19.6 Å². The van der Waals surface area contributed by atoms with E-state index in [1.165, 1.54) is 7.11 Å². The number of rotatable bonds is 5. The van der Waals surface area contributed by atoms with Crippen molar-refractivity contribution in [2.75, 3.05) is 7.11 Å². The van der Waals surface area contributed by atoms with E-state index in [9.17, 15) is 9.90 Å². The van der Waals surface area contributed by atoms with Gasteiger partial charge in [-0.1, -0.05) is 18.2 Å². The van der Waals surface area contributed by atoms with E-state index in [2.05, 4.69) is 10.1 Å². The van der Waals surface area contributed by atoms with Crippen LogP contribution in [-0.4, -0.2) is 18.2 Å². The molecular formula is C15H17NO4. The molecule has 0 amide bonds. The Morgan fingerprint density at radius 3 is 2.80 bits per heavy atom. The Balaban J connectivity index is 1.98. The van der Waals surface area contributed by atoms with Crippen molar-refractivity contribution in [1.82, 2.24) is 5.32 Å². The van der Waals surface area contributed by atoms with Crippen LogP contribution in [0.2, 0.25) is 0 Å². The van der Waals surface area contributed by atoms with Gasteiger partial charge >= 0.3 is 5.97 Å². The van der Waals surface area contributed by atoms with Crippen molar-refractivity contribution in [3.8, 4) is 5.75 Å². The molecule has 0 fully saturated rings. The maximum Gasteiger partial charge on any atom is 0.373 e. The lowest BCUT2D eigenvalue weighted by molar-refractivity contribution is 0.0562. The lowest BCUT2D eigenvalue weighted by atomic mass is 10.2. The Kier molecular flexibility index (Phi) is 4.42. The molecule has 5 nitrogen and oxygen atoms in total. The number of phenolic OH excluding ortho intramolecular Hbond substituents is 1. The molecule has 0 radical (unpaired) electrons. The molecule has 0 saturated carbocycles. The number of carbonyl (C=O) groups excluding carboxylic acids is 1. The number of esters is 1. The zero-order valence-corrected chi connectivity index (χ0v) is 11.4. The summed E-state index contributed by atoms with van der Waals surface area (Å²) < 4.78 is 10.0. The van der Waals surface area contributed by atoms with Gasteiger partial charge in [-0.05, 0) is 25.1 Å². The summed E-state index contributed by atoms with van der Waals surface area (Å²) in [5.74, 6) is 0.575. The number of phenols is 1. The third-order valence-electron chi connectivity index (χ3n) is 3.03. The zero-order chi connectivity index (χ0) is 14.5. The monoisotopic (exact) mass is 275 g/mol. The van der Waals surface area contributed by atoms with E-state index in [1.807, 2.05) is 19.1 Å². The SMILES string of the molecule is COC(=O)c1ccc(C(C)NCc2ccccc2O)o1. The number of methoxy groups -OCH3 is 1. The van der Waals surface area contributed by atoms with E-state index >= 15 is 0 Å². The van der Waals surface area contributed by atoms with Crippen molar-refractivity contribution in [2.45, 2.75) is 19.5 Å². The quantitative estimate of drug-likeness (QED) is 0.821. The highest BCUT2D eigenvalue weighted by Gasteiger charge is 2.15. The summed E-state index contributed by atoms with van der Waals surface area (Å²) >= 11 is 0. The molecule has 1 atom stereocenters. The van der Waals surface area contributed by atoms with Crippen LogP contribution >= 0.6 is 0 Å². The van der Waals surface area contributed by atoms with Gasteiger partial charge in [0.25, 0.3) is 0 Å². The summed E-state index contributed by atoms with van der Waals surface area (Å²) in [4.78, 5) is 11.3. The standard InChI is InChI=1S/C15H17NO4/c1-10(13-7-8-14(20-13)15(18)19-2)16-9-11-5-3-4-6-12(11)17/h3-8,10,16-17H,9H2,1-2H3. The molecule has 0 aliphatic heterocycles. The first-order chi connectivity index (χ1) is 9.61. The number of furan rings is 1. The van der Waals surface area contributed by atoms with Gasteiger partial charge in [0.15, 0.2) is 0 Å². The predicted molar refractivity (Wildman–Crippen MR) is 73.4 cm³/mol. The van der Waals surface area contributed by atoms with Gasteiger partial charge in [-0.3, -0.25) is 0 Å². The first-order valence-corrected chi connectivity index (χ1v) is 6.30. The van der Waals surface area contributed by atoms with E-state index in [0.29, 0.717) is 12.3 Å². The molecule has 5 heteroatoms. The molecule has 2 rings (SSSR count). The summed E-state index contributed by atoms with van der Waals surface area (Å²) in [5, 5.41) is 12.9. The molecule has 106 valence electrons. The van der Waals surface area contributed by atoms with Crippen molar-refractivity contribution in [1.29, 1.82) is 0 Å². The van der Waals surface area contributed by atoms with Crippen LogP contribution in [0.4, 0.5) is 0 Å². The fourth-order valence-corrected chi connectivity index (χ4v) is 1.82. The molecule has 0 aliphatic carbocycles. The van der Waals surface area contributed by atoms with Crippen molar-refractivity contribution in [3.63, 3.8) is 0 Å². The first kappa shape index (κ1) is 14.1. The first-order valence-electron chi connectivity index (χ1n) is 6.30. The van der Waals surface area contributed by atoms with E-state index in [1.54, 1.807) is 24.3 Å². The van der Waals surface area contributed by atoms with Crippen LogP contribution in [0.5, 0.6) is 5.75 Å². The highest BCUT2D eigenvalue weighted by Crippen LogP contribution is 2.20. The minimum atomic E-state index is -0.496.